The molecule has 1 fully saturated rings. The zero-order chi connectivity index (χ0) is 18.1. The van der Waals surface area contributed by atoms with E-state index in [2.05, 4.69) is 15.2 Å². The molecule has 26 heavy (non-hydrogen) atoms. The van der Waals surface area contributed by atoms with Crippen molar-refractivity contribution in [2.24, 2.45) is 7.05 Å². The Labute approximate surface area is 151 Å². The molecular formula is C18H20N6O2. The van der Waals surface area contributed by atoms with Gasteiger partial charge in [-0.2, -0.15) is 0 Å². The van der Waals surface area contributed by atoms with Crippen molar-refractivity contribution < 1.29 is 9.53 Å². The van der Waals surface area contributed by atoms with Crippen molar-refractivity contribution >= 4 is 5.91 Å². The second kappa shape index (κ2) is 6.72. The lowest BCUT2D eigenvalue weighted by Gasteiger charge is -2.32. The summed E-state index contributed by atoms with van der Waals surface area (Å²) in [5, 5.41) is 7.62. The molecule has 0 bridgehead atoms. The summed E-state index contributed by atoms with van der Waals surface area (Å²) in [7, 11) is 1.95. The summed E-state index contributed by atoms with van der Waals surface area (Å²) >= 11 is 0. The molecule has 1 aliphatic heterocycles. The molecule has 8 heteroatoms. The van der Waals surface area contributed by atoms with E-state index in [9.17, 15) is 4.79 Å². The van der Waals surface area contributed by atoms with Crippen LogP contribution in [0.15, 0.2) is 43.1 Å². The van der Waals surface area contributed by atoms with Gasteiger partial charge in [0.25, 0.3) is 5.91 Å². The molecule has 0 N–H and O–H groups in total. The Morgan fingerprint density at radius 2 is 2.08 bits per heavy atom. The third-order valence-electron chi connectivity index (χ3n) is 4.48. The van der Waals surface area contributed by atoms with Gasteiger partial charge < -0.3 is 14.2 Å². The first kappa shape index (κ1) is 16.5. The molecule has 3 heterocycles. The molecule has 4 rings (SSSR count). The van der Waals surface area contributed by atoms with Gasteiger partial charge in [0.1, 0.15) is 24.6 Å². The standard InChI is InChI=1S/C18H20N6O2/c1-13-9-22(2)17(21-13)16-10-23(6-7-26-16)18(25)14-4-3-5-15(8-14)24-11-19-20-12-24/h3-5,8-9,11-12,16H,6-7,10H2,1-2H3. The molecule has 134 valence electrons. The van der Waals surface area contributed by atoms with E-state index in [0.29, 0.717) is 25.3 Å². The van der Waals surface area contributed by atoms with Gasteiger partial charge in [0, 0.05) is 31.0 Å². The lowest BCUT2D eigenvalue weighted by Crippen LogP contribution is -2.42. The topological polar surface area (TPSA) is 78.1 Å². The summed E-state index contributed by atoms with van der Waals surface area (Å²) in [6.07, 6.45) is 4.96. The van der Waals surface area contributed by atoms with E-state index in [1.54, 1.807) is 17.2 Å². The summed E-state index contributed by atoms with van der Waals surface area (Å²) in [5.74, 6) is 0.831. The van der Waals surface area contributed by atoms with Gasteiger partial charge in [0.05, 0.1) is 18.8 Å². The molecule has 1 saturated heterocycles. The number of aromatic nitrogens is 5. The van der Waals surface area contributed by atoms with Crippen LogP contribution in [0.5, 0.6) is 0 Å². The normalized spacial score (nSPS) is 17.5. The predicted molar refractivity (Wildman–Crippen MR) is 93.9 cm³/mol. The number of hydrogen-bond donors (Lipinski definition) is 0. The van der Waals surface area contributed by atoms with Crippen molar-refractivity contribution in [1.29, 1.82) is 0 Å². The van der Waals surface area contributed by atoms with E-state index < -0.39 is 0 Å². The molecule has 1 amide bonds. The second-order valence-electron chi connectivity index (χ2n) is 6.38. The zero-order valence-electron chi connectivity index (χ0n) is 14.7. The van der Waals surface area contributed by atoms with Crippen molar-refractivity contribution in [2.75, 3.05) is 19.7 Å². The number of amides is 1. The van der Waals surface area contributed by atoms with E-state index in [4.69, 9.17) is 4.74 Å². The van der Waals surface area contributed by atoms with E-state index in [1.165, 1.54) is 0 Å². The van der Waals surface area contributed by atoms with E-state index in [1.807, 2.05) is 53.9 Å². The molecule has 1 aromatic carbocycles. The maximum absolute atomic E-state index is 13.0. The molecular weight excluding hydrogens is 332 g/mol. The number of carbonyl (C=O) groups excluding carboxylic acids is 1. The molecule has 1 unspecified atom stereocenters. The van der Waals surface area contributed by atoms with Crippen LogP contribution in [0.4, 0.5) is 0 Å². The van der Waals surface area contributed by atoms with Crippen molar-refractivity contribution in [3.8, 4) is 5.69 Å². The monoisotopic (exact) mass is 352 g/mol. The van der Waals surface area contributed by atoms with Gasteiger partial charge >= 0.3 is 0 Å². The molecule has 2 aromatic heterocycles. The summed E-state index contributed by atoms with van der Waals surface area (Å²) in [4.78, 5) is 19.3. The number of hydrogen-bond acceptors (Lipinski definition) is 5. The molecule has 3 aromatic rings. The zero-order valence-corrected chi connectivity index (χ0v) is 14.7. The van der Waals surface area contributed by atoms with Crippen LogP contribution in [-0.4, -0.2) is 54.8 Å². The second-order valence-corrected chi connectivity index (χ2v) is 6.38. The Bertz CT molecular complexity index is 918. The van der Waals surface area contributed by atoms with E-state index in [-0.39, 0.29) is 12.0 Å². The van der Waals surface area contributed by atoms with Crippen molar-refractivity contribution in [1.82, 2.24) is 29.2 Å². The fourth-order valence-corrected chi connectivity index (χ4v) is 3.24. The lowest BCUT2D eigenvalue weighted by molar-refractivity contribution is -0.0279. The van der Waals surface area contributed by atoms with Crippen molar-refractivity contribution in [3.05, 3.63) is 60.2 Å². The third-order valence-corrected chi connectivity index (χ3v) is 4.48. The number of benzene rings is 1. The van der Waals surface area contributed by atoms with Gasteiger partial charge in [-0.15, -0.1) is 10.2 Å². The van der Waals surface area contributed by atoms with Crippen LogP contribution in [-0.2, 0) is 11.8 Å². The predicted octanol–water partition coefficient (Wildman–Crippen LogP) is 1.52. The third kappa shape index (κ3) is 3.11. The van der Waals surface area contributed by atoms with Crippen LogP contribution < -0.4 is 0 Å². The SMILES string of the molecule is Cc1cn(C)c(C2CN(C(=O)c3cccc(-n4cnnc4)c3)CCO2)n1. The summed E-state index contributed by atoms with van der Waals surface area (Å²) in [5.41, 5.74) is 2.43. The molecule has 1 atom stereocenters. The highest BCUT2D eigenvalue weighted by Gasteiger charge is 2.28. The van der Waals surface area contributed by atoms with Crippen LogP contribution in [0.2, 0.25) is 0 Å². The Morgan fingerprint density at radius 3 is 2.81 bits per heavy atom. The van der Waals surface area contributed by atoms with Crippen LogP contribution >= 0.6 is 0 Å². The van der Waals surface area contributed by atoms with Crippen LogP contribution in [0.25, 0.3) is 5.69 Å². The highest BCUT2D eigenvalue weighted by atomic mass is 16.5. The first-order chi connectivity index (χ1) is 12.6. The number of ether oxygens (including phenoxy) is 1. The van der Waals surface area contributed by atoms with Gasteiger partial charge in [-0.1, -0.05) is 6.07 Å². The van der Waals surface area contributed by atoms with Crippen LogP contribution in [0, 0.1) is 6.92 Å². The Hall–Kier alpha value is -3.00. The number of imidazole rings is 1. The highest BCUT2D eigenvalue weighted by Crippen LogP contribution is 2.23. The van der Waals surface area contributed by atoms with Gasteiger partial charge in [-0.25, -0.2) is 4.98 Å². The lowest BCUT2D eigenvalue weighted by atomic mass is 10.1. The Morgan fingerprint density at radius 1 is 1.27 bits per heavy atom. The van der Waals surface area contributed by atoms with Gasteiger partial charge in [-0.05, 0) is 25.1 Å². The molecule has 0 saturated carbocycles. The fourth-order valence-electron chi connectivity index (χ4n) is 3.24. The number of carbonyl (C=O) groups is 1. The minimum Gasteiger partial charge on any atom is -0.367 e. The quantitative estimate of drug-likeness (QED) is 0.714. The summed E-state index contributed by atoms with van der Waals surface area (Å²) < 4.78 is 9.59. The Balaban J connectivity index is 1.55. The smallest absolute Gasteiger partial charge is 0.254 e. The number of nitrogens with zero attached hydrogens (tertiary/aromatic N) is 6. The first-order valence-electron chi connectivity index (χ1n) is 8.47. The van der Waals surface area contributed by atoms with Crippen LogP contribution in [0.1, 0.15) is 28.0 Å². The molecule has 1 aliphatic rings. The van der Waals surface area contributed by atoms with Crippen LogP contribution in [0.3, 0.4) is 0 Å². The largest absolute Gasteiger partial charge is 0.367 e. The van der Waals surface area contributed by atoms with E-state index in [0.717, 1.165) is 17.2 Å². The summed E-state index contributed by atoms with van der Waals surface area (Å²) in [6.45, 7) is 3.49. The average Bonchev–Trinajstić information content (AvgIpc) is 3.31. The van der Waals surface area contributed by atoms with Gasteiger partial charge in [0.15, 0.2) is 0 Å². The number of morpholine rings is 1. The Kier molecular flexibility index (Phi) is 4.26. The maximum atomic E-state index is 13.0. The minimum atomic E-state index is -0.215. The number of rotatable bonds is 3. The summed E-state index contributed by atoms with van der Waals surface area (Å²) in [6, 6.07) is 7.45. The van der Waals surface area contributed by atoms with Crippen molar-refractivity contribution in [3.63, 3.8) is 0 Å². The minimum absolute atomic E-state index is 0.0147. The van der Waals surface area contributed by atoms with Gasteiger partial charge in [-0.3, -0.25) is 9.36 Å². The number of aryl methyl sites for hydroxylation is 2. The molecule has 0 spiro atoms. The van der Waals surface area contributed by atoms with Crippen molar-refractivity contribution in [2.45, 2.75) is 13.0 Å². The molecule has 8 nitrogen and oxygen atoms in total. The molecule has 0 radical (unpaired) electrons. The molecule has 0 aliphatic carbocycles. The highest BCUT2D eigenvalue weighted by molar-refractivity contribution is 5.94. The fraction of sp³-hybridized carbons (Fsp3) is 0.333. The maximum Gasteiger partial charge on any atom is 0.254 e. The average molecular weight is 352 g/mol. The first-order valence-corrected chi connectivity index (χ1v) is 8.47. The van der Waals surface area contributed by atoms with Gasteiger partial charge in [0.2, 0.25) is 0 Å². The van der Waals surface area contributed by atoms with E-state index >= 15 is 0 Å².